The summed E-state index contributed by atoms with van der Waals surface area (Å²) in [6.45, 7) is 0. The molecule has 1 aliphatic heterocycles. The maximum absolute atomic E-state index is 13.9. The first-order valence-corrected chi connectivity index (χ1v) is 12.6. The van der Waals surface area contributed by atoms with Crippen LogP contribution in [0.3, 0.4) is 0 Å². The lowest BCUT2D eigenvalue weighted by molar-refractivity contribution is -0.126. The molecule has 2 amide bonds. The average Bonchev–Trinajstić information content (AvgIpc) is 2.96. The van der Waals surface area contributed by atoms with E-state index in [1.54, 1.807) is 74.8 Å². The topological polar surface area (TPSA) is 95.6 Å². The van der Waals surface area contributed by atoms with Crippen LogP contribution in [0.5, 0.6) is 28.7 Å². The number of amides is 2. The lowest BCUT2D eigenvalue weighted by Crippen LogP contribution is -2.47. The minimum Gasteiger partial charge on any atom is -0.497 e. The predicted octanol–water partition coefficient (Wildman–Crippen LogP) is 5.51. The monoisotopic (exact) mass is 554 g/mol. The van der Waals surface area contributed by atoms with Gasteiger partial charge in [0.05, 0.1) is 58.2 Å². The SMILES string of the molecule is COc1ccc(N2C(=O)CCC(C(=O)Nc3cc(Cl)c(OC)cc3OC)C2c2ccc(OC)c(OC)c2)cc1. The van der Waals surface area contributed by atoms with Crippen molar-refractivity contribution in [3.8, 4) is 28.7 Å². The Morgan fingerprint density at radius 1 is 0.821 bits per heavy atom. The van der Waals surface area contributed by atoms with Crippen LogP contribution >= 0.6 is 11.6 Å². The summed E-state index contributed by atoms with van der Waals surface area (Å²) in [6, 6.07) is 15.1. The molecule has 10 heteroatoms. The van der Waals surface area contributed by atoms with Crippen molar-refractivity contribution in [2.24, 2.45) is 5.92 Å². The molecule has 4 rings (SSSR count). The summed E-state index contributed by atoms with van der Waals surface area (Å²) in [6.07, 6.45) is 0.525. The number of hydrogen-bond donors (Lipinski definition) is 1. The summed E-state index contributed by atoms with van der Waals surface area (Å²) in [4.78, 5) is 29.0. The third-order valence-electron chi connectivity index (χ3n) is 6.77. The van der Waals surface area contributed by atoms with Crippen molar-refractivity contribution in [1.82, 2.24) is 0 Å². The Balaban J connectivity index is 1.79. The number of carbonyl (C=O) groups is 2. The van der Waals surface area contributed by atoms with Crippen LogP contribution in [0.1, 0.15) is 24.4 Å². The highest BCUT2D eigenvalue weighted by Gasteiger charge is 2.42. The van der Waals surface area contributed by atoms with Crippen LogP contribution in [0.15, 0.2) is 54.6 Å². The van der Waals surface area contributed by atoms with E-state index in [0.717, 1.165) is 5.56 Å². The Labute approximate surface area is 232 Å². The standard InChI is InChI=1S/C29H31ClN2O7/c1-35-19-9-7-18(8-10-19)32-27(33)13-11-20(28(32)17-6-12-23(36-2)26(14-17)39-5)29(34)31-22-15-21(30)24(37-3)16-25(22)38-4/h6-10,12,14-16,20,28H,11,13H2,1-5H3,(H,31,34). The van der Waals surface area contributed by atoms with Crippen LogP contribution in [0.2, 0.25) is 5.02 Å². The molecular formula is C29H31ClN2O7. The Bertz CT molecular complexity index is 1350. The van der Waals surface area contributed by atoms with Gasteiger partial charge in [-0.05, 0) is 54.4 Å². The van der Waals surface area contributed by atoms with E-state index >= 15 is 0 Å². The Morgan fingerprint density at radius 2 is 1.49 bits per heavy atom. The summed E-state index contributed by atoms with van der Waals surface area (Å²) in [5.41, 5.74) is 1.76. The molecule has 3 aromatic carbocycles. The van der Waals surface area contributed by atoms with E-state index in [0.29, 0.717) is 51.6 Å². The largest absolute Gasteiger partial charge is 0.497 e. The molecule has 0 aliphatic carbocycles. The molecule has 1 aliphatic rings. The summed E-state index contributed by atoms with van der Waals surface area (Å²) >= 11 is 6.34. The zero-order valence-corrected chi connectivity index (χ0v) is 23.2. The lowest BCUT2D eigenvalue weighted by Gasteiger charge is -2.41. The van der Waals surface area contributed by atoms with Gasteiger partial charge in [0, 0.05) is 18.2 Å². The molecule has 1 heterocycles. The van der Waals surface area contributed by atoms with Gasteiger partial charge in [0.25, 0.3) is 0 Å². The molecule has 9 nitrogen and oxygen atoms in total. The van der Waals surface area contributed by atoms with Crippen LogP contribution < -0.4 is 33.9 Å². The van der Waals surface area contributed by atoms with Gasteiger partial charge in [-0.3, -0.25) is 9.59 Å². The van der Waals surface area contributed by atoms with Crippen LogP contribution in [0, 0.1) is 5.92 Å². The van der Waals surface area contributed by atoms with E-state index in [2.05, 4.69) is 5.32 Å². The maximum Gasteiger partial charge on any atom is 0.230 e. The van der Waals surface area contributed by atoms with Crippen LogP contribution in [-0.4, -0.2) is 47.4 Å². The molecule has 3 aromatic rings. The molecule has 0 aromatic heterocycles. The predicted molar refractivity (Wildman–Crippen MR) is 149 cm³/mol. The lowest BCUT2D eigenvalue weighted by atomic mass is 9.83. The molecule has 1 saturated heterocycles. The van der Waals surface area contributed by atoms with E-state index in [1.165, 1.54) is 14.2 Å². The van der Waals surface area contributed by atoms with E-state index < -0.39 is 12.0 Å². The van der Waals surface area contributed by atoms with Gasteiger partial charge in [-0.15, -0.1) is 0 Å². The first-order chi connectivity index (χ1) is 18.8. The average molecular weight is 555 g/mol. The van der Waals surface area contributed by atoms with Gasteiger partial charge in [0.1, 0.15) is 17.2 Å². The van der Waals surface area contributed by atoms with E-state index in [1.807, 2.05) is 6.07 Å². The van der Waals surface area contributed by atoms with Crippen LogP contribution in [0.25, 0.3) is 0 Å². The Kier molecular flexibility index (Phi) is 8.71. The second-order valence-electron chi connectivity index (χ2n) is 8.84. The van der Waals surface area contributed by atoms with Gasteiger partial charge in [0.15, 0.2) is 11.5 Å². The molecule has 206 valence electrons. The fourth-order valence-electron chi connectivity index (χ4n) is 4.82. The Morgan fingerprint density at radius 3 is 2.10 bits per heavy atom. The van der Waals surface area contributed by atoms with Crippen LogP contribution in [-0.2, 0) is 9.59 Å². The number of anilines is 2. The van der Waals surface area contributed by atoms with Crippen molar-refractivity contribution in [2.75, 3.05) is 45.8 Å². The number of ether oxygens (including phenoxy) is 5. The van der Waals surface area contributed by atoms with Crippen molar-refractivity contribution < 1.29 is 33.3 Å². The van der Waals surface area contributed by atoms with Crippen molar-refractivity contribution in [2.45, 2.75) is 18.9 Å². The van der Waals surface area contributed by atoms with Gasteiger partial charge < -0.3 is 33.9 Å². The number of hydrogen-bond acceptors (Lipinski definition) is 7. The normalized spacial score (nSPS) is 16.9. The number of methoxy groups -OCH3 is 5. The summed E-state index contributed by atoms with van der Waals surface area (Å²) < 4.78 is 27.0. The number of rotatable bonds is 9. The molecule has 0 saturated carbocycles. The van der Waals surface area contributed by atoms with Gasteiger partial charge in [-0.1, -0.05) is 17.7 Å². The van der Waals surface area contributed by atoms with Crippen molar-refractivity contribution in [3.63, 3.8) is 0 Å². The fraction of sp³-hybridized carbons (Fsp3) is 0.310. The van der Waals surface area contributed by atoms with Crippen LogP contribution in [0.4, 0.5) is 11.4 Å². The molecule has 0 spiro atoms. The minimum absolute atomic E-state index is 0.103. The molecule has 1 N–H and O–H groups in total. The molecule has 1 fully saturated rings. The first kappa shape index (κ1) is 27.9. The third kappa shape index (κ3) is 5.68. The molecule has 2 unspecified atom stereocenters. The van der Waals surface area contributed by atoms with Gasteiger partial charge >= 0.3 is 0 Å². The maximum atomic E-state index is 13.9. The van der Waals surface area contributed by atoms with E-state index in [-0.39, 0.29) is 18.2 Å². The van der Waals surface area contributed by atoms with Crippen molar-refractivity contribution >= 4 is 34.8 Å². The molecule has 0 bridgehead atoms. The minimum atomic E-state index is -0.640. The van der Waals surface area contributed by atoms with Gasteiger partial charge in [-0.2, -0.15) is 0 Å². The summed E-state index contributed by atoms with van der Waals surface area (Å²) in [7, 11) is 7.66. The van der Waals surface area contributed by atoms with Crippen molar-refractivity contribution in [3.05, 3.63) is 65.2 Å². The van der Waals surface area contributed by atoms with E-state index in [9.17, 15) is 9.59 Å². The Hall–Kier alpha value is -4.11. The zero-order chi connectivity index (χ0) is 28.1. The quantitative estimate of drug-likeness (QED) is 0.373. The number of nitrogens with one attached hydrogen (secondary N) is 1. The summed E-state index contributed by atoms with van der Waals surface area (Å²) in [5.74, 6) is 1.49. The number of piperidine rings is 1. The smallest absolute Gasteiger partial charge is 0.230 e. The number of halogens is 1. The highest BCUT2D eigenvalue weighted by Crippen LogP contribution is 2.44. The zero-order valence-electron chi connectivity index (χ0n) is 22.4. The molecule has 39 heavy (non-hydrogen) atoms. The fourth-order valence-corrected chi connectivity index (χ4v) is 5.06. The van der Waals surface area contributed by atoms with Crippen molar-refractivity contribution in [1.29, 1.82) is 0 Å². The first-order valence-electron chi connectivity index (χ1n) is 12.3. The molecule has 2 atom stereocenters. The molecule has 0 radical (unpaired) electrons. The van der Waals surface area contributed by atoms with Gasteiger partial charge in [0.2, 0.25) is 11.8 Å². The van der Waals surface area contributed by atoms with Gasteiger partial charge in [-0.25, -0.2) is 0 Å². The second-order valence-corrected chi connectivity index (χ2v) is 9.25. The van der Waals surface area contributed by atoms with E-state index in [4.69, 9.17) is 35.3 Å². The summed E-state index contributed by atoms with van der Waals surface area (Å²) in [5, 5.41) is 3.28. The number of benzene rings is 3. The molecular weight excluding hydrogens is 524 g/mol. The highest BCUT2D eigenvalue weighted by molar-refractivity contribution is 6.32. The third-order valence-corrected chi connectivity index (χ3v) is 7.06. The number of carbonyl (C=O) groups excluding carboxylic acids is 2. The highest BCUT2D eigenvalue weighted by atomic mass is 35.5. The number of nitrogens with zero attached hydrogens (tertiary/aromatic N) is 1. The second kappa shape index (κ2) is 12.2.